The van der Waals surface area contributed by atoms with Crippen molar-refractivity contribution in [3.05, 3.63) is 0 Å². The summed E-state index contributed by atoms with van der Waals surface area (Å²) in [5.74, 6) is -0.986. The van der Waals surface area contributed by atoms with Crippen molar-refractivity contribution >= 4 is 12.0 Å². The molecule has 3 N–H and O–H groups in total. The van der Waals surface area contributed by atoms with E-state index in [0.29, 0.717) is 19.4 Å². The molecule has 0 saturated heterocycles. The van der Waals surface area contributed by atoms with Crippen LogP contribution < -0.4 is 10.6 Å². The first-order valence-electron chi connectivity index (χ1n) is 6.82. The van der Waals surface area contributed by atoms with E-state index in [-0.39, 0.29) is 0 Å². The Bertz CT molecular complexity index is 289. The van der Waals surface area contributed by atoms with E-state index in [0.717, 1.165) is 19.4 Å². The monoisotopic (exact) mass is 273 g/mol. The van der Waals surface area contributed by atoms with Crippen molar-refractivity contribution in [1.82, 2.24) is 15.5 Å². The number of carbonyl (C=O) groups excluding carboxylic acids is 1. The lowest BCUT2D eigenvalue weighted by Crippen LogP contribution is -2.56. The van der Waals surface area contributed by atoms with Crippen molar-refractivity contribution in [2.45, 2.75) is 45.1 Å². The minimum absolute atomic E-state index is 0.368. The van der Waals surface area contributed by atoms with E-state index < -0.39 is 17.5 Å². The first kappa shape index (κ1) is 17.7. The Labute approximate surface area is 115 Å². The number of carbonyl (C=O) groups is 2. The van der Waals surface area contributed by atoms with Crippen molar-refractivity contribution < 1.29 is 14.7 Å². The highest BCUT2D eigenvalue weighted by Crippen LogP contribution is 2.15. The highest BCUT2D eigenvalue weighted by Gasteiger charge is 2.36. The highest BCUT2D eigenvalue weighted by atomic mass is 16.4. The zero-order valence-corrected chi connectivity index (χ0v) is 12.5. The number of hydrogen-bond acceptors (Lipinski definition) is 3. The Morgan fingerprint density at radius 3 is 2.16 bits per heavy atom. The lowest BCUT2D eigenvalue weighted by molar-refractivity contribution is -0.144. The third-order valence-corrected chi connectivity index (χ3v) is 3.29. The Hall–Kier alpha value is -1.30. The van der Waals surface area contributed by atoms with E-state index in [1.54, 1.807) is 13.8 Å². The fourth-order valence-corrected chi connectivity index (χ4v) is 1.80. The van der Waals surface area contributed by atoms with Gasteiger partial charge in [-0.25, -0.2) is 9.59 Å². The molecule has 0 aromatic carbocycles. The third kappa shape index (κ3) is 6.42. The minimum Gasteiger partial charge on any atom is -0.480 e. The van der Waals surface area contributed by atoms with Gasteiger partial charge in [0.15, 0.2) is 0 Å². The van der Waals surface area contributed by atoms with Crippen molar-refractivity contribution in [3.8, 4) is 0 Å². The van der Waals surface area contributed by atoms with Gasteiger partial charge in [0.05, 0.1) is 0 Å². The standard InChI is InChI=1S/C13H27N3O3/c1-5-13(6-2,11(17)18)15-12(19)14-9-7-8-10-16(3)4/h5-10H2,1-4H3,(H,17,18)(H2,14,15,19). The zero-order valence-electron chi connectivity index (χ0n) is 12.5. The van der Waals surface area contributed by atoms with E-state index in [2.05, 4.69) is 15.5 Å². The second kappa shape index (κ2) is 8.74. The Morgan fingerprint density at radius 1 is 1.16 bits per heavy atom. The van der Waals surface area contributed by atoms with E-state index in [1.807, 2.05) is 14.1 Å². The second-order valence-electron chi connectivity index (χ2n) is 4.99. The van der Waals surface area contributed by atoms with Crippen molar-refractivity contribution in [1.29, 1.82) is 0 Å². The molecule has 112 valence electrons. The molecule has 0 atom stereocenters. The van der Waals surface area contributed by atoms with Gasteiger partial charge in [-0.2, -0.15) is 0 Å². The quantitative estimate of drug-likeness (QED) is 0.553. The van der Waals surface area contributed by atoms with Crippen LogP contribution in [-0.2, 0) is 4.79 Å². The normalized spacial score (nSPS) is 11.4. The van der Waals surface area contributed by atoms with Gasteiger partial charge in [0.1, 0.15) is 5.54 Å². The van der Waals surface area contributed by atoms with Gasteiger partial charge in [-0.1, -0.05) is 13.8 Å². The number of rotatable bonds is 9. The van der Waals surface area contributed by atoms with Gasteiger partial charge in [-0.3, -0.25) is 0 Å². The first-order valence-corrected chi connectivity index (χ1v) is 6.82. The summed E-state index contributed by atoms with van der Waals surface area (Å²) in [6.45, 7) is 5.05. The zero-order chi connectivity index (χ0) is 14.9. The fraction of sp³-hybridized carbons (Fsp3) is 0.846. The summed E-state index contributed by atoms with van der Waals surface area (Å²) < 4.78 is 0. The first-order chi connectivity index (χ1) is 8.88. The molecule has 2 amide bonds. The predicted octanol–water partition coefficient (Wildman–Crippen LogP) is 1.27. The van der Waals surface area contributed by atoms with Crippen LogP contribution in [0.5, 0.6) is 0 Å². The largest absolute Gasteiger partial charge is 0.480 e. The van der Waals surface area contributed by atoms with Gasteiger partial charge in [0.25, 0.3) is 0 Å². The fourth-order valence-electron chi connectivity index (χ4n) is 1.80. The molecule has 6 heteroatoms. The van der Waals surface area contributed by atoms with Crippen LogP contribution in [0.1, 0.15) is 39.5 Å². The summed E-state index contributed by atoms with van der Waals surface area (Å²) in [5.41, 5.74) is -1.16. The van der Waals surface area contributed by atoms with Crippen LogP contribution in [-0.4, -0.2) is 54.7 Å². The van der Waals surface area contributed by atoms with Crippen LogP contribution in [0.3, 0.4) is 0 Å². The van der Waals surface area contributed by atoms with Gasteiger partial charge in [-0.05, 0) is 46.3 Å². The summed E-state index contributed by atoms with van der Waals surface area (Å²) in [6, 6.07) is -0.407. The number of aliphatic carboxylic acids is 1. The van der Waals surface area contributed by atoms with Crippen molar-refractivity contribution in [2.24, 2.45) is 0 Å². The third-order valence-electron chi connectivity index (χ3n) is 3.29. The maximum Gasteiger partial charge on any atom is 0.329 e. The lowest BCUT2D eigenvalue weighted by Gasteiger charge is -2.28. The van der Waals surface area contributed by atoms with Crippen LogP contribution in [0.15, 0.2) is 0 Å². The minimum atomic E-state index is -1.16. The summed E-state index contributed by atoms with van der Waals surface area (Å²) in [4.78, 5) is 25.0. The molecule has 0 aromatic heterocycles. The maximum absolute atomic E-state index is 11.7. The van der Waals surface area contributed by atoms with E-state index in [4.69, 9.17) is 0 Å². The topological polar surface area (TPSA) is 81.7 Å². The number of carboxylic acid groups (broad SMARTS) is 1. The van der Waals surface area contributed by atoms with Crippen molar-refractivity contribution in [2.75, 3.05) is 27.2 Å². The Morgan fingerprint density at radius 2 is 1.74 bits per heavy atom. The molecule has 0 aliphatic rings. The molecule has 0 fully saturated rings. The van der Waals surface area contributed by atoms with Gasteiger partial charge in [0, 0.05) is 6.54 Å². The molecular weight excluding hydrogens is 246 g/mol. The molecule has 0 heterocycles. The molecule has 0 saturated carbocycles. The number of unbranched alkanes of at least 4 members (excludes halogenated alkanes) is 1. The molecule has 0 rings (SSSR count). The van der Waals surface area contributed by atoms with Crippen LogP contribution in [0.4, 0.5) is 4.79 Å². The van der Waals surface area contributed by atoms with E-state index in [1.165, 1.54) is 0 Å². The lowest BCUT2D eigenvalue weighted by atomic mass is 9.93. The summed E-state index contributed by atoms with van der Waals surface area (Å²) in [5, 5.41) is 14.5. The number of nitrogens with zero attached hydrogens (tertiary/aromatic N) is 1. The number of nitrogens with one attached hydrogen (secondary N) is 2. The van der Waals surface area contributed by atoms with Crippen LogP contribution in [0.2, 0.25) is 0 Å². The van der Waals surface area contributed by atoms with Crippen LogP contribution in [0.25, 0.3) is 0 Å². The van der Waals surface area contributed by atoms with E-state index in [9.17, 15) is 14.7 Å². The predicted molar refractivity (Wildman–Crippen MR) is 75.3 cm³/mol. The molecule has 0 aliphatic carbocycles. The number of amides is 2. The molecule has 0 aliphatic heterocycles. The second-order valence-corrected chi connectivity index (χ2v) is 4.99. The van der Waals surface area contributed by atoms with Gasteiger partial charge < -0.3 is 20.6 Å². The Kier molecular flexibility index (Phi) is 8.14. The van der Waals surface area contributed by atoms with Gasteiger partial charge >= 0.3 is 12.0 Å². The van der Waals surface area contributed by atoms with Crippen LogP contribution >= 0.6 is 0 Å². The summed E-state index contributed by atoms with van der Waals surface area (Å²) in [7, 11) is 4.01. The average molecular weight is 273 g/mol. The molecular formula is C13H27N3O3. The molecule has 6 nitrogen and oxygen atoms in total. The SMILES string of the molecule is CCC(CC)(NC(=O)NCCCCN(C)C)C(=O)O. The van der Waals surface area contributed by atoms with Crippen molar-refractivity contribution in [3.63, 3.8) is 0 Å². The molecule has 0 unspecified atom stereocenters. The molecule has 0 spiro atoms. The highest BCUT2D eigenvalue weighted by molar-refractivity contribution is 5.86. The molecule has 0 bridgehead atoms. The molecule has 0 radical (unpaired) electrons. The summed E-state index contributed by atoms with van der Waals surface area (Å²) in [6.07, 6.45) is 2.61. The number of carboxylic acids is 1. The molecule has 0 aromatic rings. The average Bonchev–Trinajstić information content (AvgIpc) is 2.34. The Balaban J connectivity index is 4.05. The smallest absolute Gasteiger partial charge is 0.329 e. The maximum atomic E-state index is 11.7. The number of hydrogen-bond donors (Lipinski definition) is 3. The van der Waals surface area contributed by atoms with E-state index >= 15 is 0 Å². The van der Waals surface area contributed by atoms with Gasteiger partial charge in [0.2, 0.25) is 0 Å². The molecule has 19 heavy (non-hydrogen) atoms. The number of urea groups is 1. The van der Waals surface area contributed by atoms with Gasteiger partial charge in [-0.15, -0.1) is 0 Å². The van der Waals surface area contributed by atoms with Crippen LogP contribution in [0, 0.1) is 0 Å². The summed E-state index contributed by atoms with van der Waals surface area (Å²) >= 11 is 0.